The lowest BCUT2D eigenvalue weighted by atomic mass is 9.72. The van der Waals surface area contributed by atoms with E-state index in [4.69, 9.17) is 0 Å². The molecule has 1 nitrogen and oxygen atoms in total. The molecule has 0 unspecified atom stereocenters. The zero-order chi connectivity index (χ0) is 11.7. The molecule has 0 amide bonds. The summed E-state index contributed by atoms with van der Waals surface area (Å²) in [5, 5.41) is 0. The fourth-order valence-corrected chi connectivity index (χ4v) is 3.64. The summed E-state index contributed by atoms with van der Waals surface area (Å²) in [5.41, 5.74) is 0. The van der Waals surface area contributed by atoms with E-state index in [2.05, 4.69) is 32.6 Å². The smallest absolute Gasteiger partial charge is 0.00953 e. The molecule has 1 heteroatoms. The minimum Gasteiger partial charge on any atom is -0.300 e. The van der Waals surface area contributed by atoms with Gasteiger partial charge in [0, 0.05) is 12.6 Å². The maximum atomic E-state index is 2.80. The van der Waals surface area contributed by atoms with E-state index in [9.17, 15) is 0 Å². The molecule has 1 heterocycles. The van der Waals surface area contributed by atoms with Gasteiger partial charge >= 0.3 is 0 Å². The van der Waals surface area contributed by atoms with Crippen molar-refractivity contribution in [2.45, 2.75) is 59.4 Å². The van der Waals surface area contributed by atoms with Crippen molar-refractivity contribution in [2.24, 2.45) is 23.7 Å². The topological polar surface area (TPSA) is 3.24 Å². The lowest BCUT2D eigenvalue weighted by molar-refractivity contribution is 0.0150. The third-order valence-electron chi connectivity index (χ3n) is 5.05. The third kappa shape index (κ3) is 2.45. The van der Waals surface area contributed by atoms with E-state index in [0.717, 1.165) is 29.7 Å². The van der Waals surface area contributed by atoms with Gasteiger partial charge in [-0.05, 0) is 49.5 Å². The average molecular weight is 223 g/mol. The normalized spacial score (nSPS) is 33.4. The molecule has 2 atom stereocenters. The SMILES string of the molecule is CC(C)[C@H]1CCN(C2CCC2)C[C@@H]1C(C)C. The summed E-state index contributed by atoms with van der Waals surface area (Å²) in [6, 6.07) is 0.953. The summed E-state index contributed by atoms with van der Waals surface area (Å²) < 4.78 is 0. The molecule has 0 aromatic heterocycles. The summed E-state index contributed by atoms with van der Waals surface area (Å²) in [6.07, 6.45) is 5.85. The molecule has 16 heavy (non-hydrogen) atoms. The first-order valence-corrected chi connectivity index (χ1v) is 7.33. The lowest BCUT2D eigenvalue weighted by Gasteiger charge is -2.47. The summed E-state index contributed by atoms with van der Waals surface area (Å²) in [7, 11) is 0. The Morgan fingerprint density at radius 1 is 0.875 bits per heavy atom. The quantitative estimate of drug-likeness (QED) is 0.703. The minimum atomic E-state index is 0.857. The van der Waals surface area contributed by atoms with Crippen LogP contribution in [0.3, 0.4) is 0 Å². The monoisotopic (exact) mass is 223 g/mol. The Bertz CT molecular complexity index is 217. The Labute approximate surface area is 102 Å². The fourth-order valence-electron chi connectivity index (χ4n) is 3.64. The van der Waals surface area contributed by atoms with Crippen molar-refractivity contribution in [3.63, 3.8) is 0 Å². The van der Waals surface area contributed by atoms with Crippen LogP contribution in [0, 0.1) is 23.7 Å². The van der Waals surface area contributed by atoms with E-state index in [0.29, 0.717) is 0 Å². The van der Waals surface area contributed by atoms with Crippen molar-refractivity contribution in [1.82, 2.24) is 4.90 Å². The first-order valence-electron chi connectivity index (χ1n) is 7.33. The first-order chi connectivity index (χ1) is 7.59. The highest BCUT2D eigenvalue weighted by Gasteiger charge is 2.36. The Hall–Kier alpha value is -0.0400. The molecule has 0 aromatic carbocycles. The van der Waals surface area contributed by atoms with Crippen LogP contribution in [0.15, 0.2) is 0 Å². The second-order valence-electron chi connectivity index (χ2n) is 6.68. The van der Waals surface area contributed by atoms with Crippen LogP contribution < -0.4 is 0 Å². The van der Waals surface area contributed by atoms with E-state index in [-0.39, 0.29) is 0 Å². The maximum Gasteiger partial charge on any atom is 0.00953 e. The van der Waals surface area contributed by atoms with E-state index in [1.165, 1.54) is 38.8 Å². The number of piperidine rings is 1. The second-order valence-corrected chi connectivity index (χ2v) is 6.68. The fraction of sp³-hybridized carbons (Fsp3) is 1.00. The predicted molar refractivity (Wildman–Crippen MR) is 70.5 cm³/mol. The molecule has 1 saturated heterocycles. The number of hydrogen-bond acceptors (Lipinski definition) is 1. The molecule has 0 bridgehead atoms. The van der Waals surface area contributed by atoms with Crippen molar-refractivity contribution in [1.29, 1.82) is 0 Å². The molecule has 2 aliphatic rings. The molecule has 0 radical (unpaired) electrons. The number of nitrogens with zero attached hydrogens (tertiary/aromatic N) is 1. The van der Waals surface area contributed by atoms with E-state index < -0.39 is 0 Å². The highest BCUT2D eigenvalue weighted by Crippen LogP contribution is 2.37. The largest absolute Gasteiger partial charge is 0.300 e. The van der Waals surface area contributed by atoms with Crippen molar-refractivity contribution < 1.29 is 0 Å². The highest BCUT2D eigenvalue weighted by atomic mass is 15.2. The lowest BCUT2D eigenvalue weighted by Crippen LogP contribution is -2.50. The molecule has 1 aliphatic carbocycles. The Kier molecular flexibility index (Phi) is 3.94. The van der Waals surface area contributed by atoms with Crippen LogP contribution in [0.25, 0.3) is 0 Å². The van der Waals surface area contributed by atoms with Gasteiger partial charge in [-0.1, -0.05) is 34.1 Å². The van der Waals surface area contributed by atoms with Crippen molar-refractivity contribution in [3.05, 3.63) is 0 Å². The number of rotatable bonds is 3. The van der Waals surface area contributed by atoms with Crippen LogP contribution in [0.1, 0.15) is 53.4 Å². The maximum absolute atomic E-state index is 2.80. The molecule has 0 aromatic rings. The molecular weight excluding hydrogens is 194 g/mol. The van der Waals surface area contributed by atoms with Crippen LogP contribution in [0.4, 0.5) is 0 Å². The third-order valence-corrected chi connectivity index (χ3v) is 5.05. The summed E-state index contributed by atoms with van der Waals surface area (Å²) in [5.74, 6) is 3.64. The zero-order valence-electron chi connectivity index (χ0n) is 11.6. The molecule has 2 rings (SSSR count). The van der Waals surface area contributed by atoms with Crippen LogP contribution in [0.2, 0.25) is 0 Å². The Balaban J connectivity index is 1.96. The molecule has 0 spiro atoms. The van der Waals surface area contributed by atoms with Gasteiger partial charge in [-0.15, -0.1) is 0 Å². The van der Waals surface area contributed by atoms with E-state index >= 15 is 0 Å². The first kappa shape index (κ1) is 12.4. The van der Waals surface area contributed by atoms with Gasteiger partial charge in [-0.25, -0.2) is 0 Å². The standard InChI is InChI=1S/C15H29N/c1-11(2)14-8-9-16(13-6-5-7-13)10-15(14)12(3)4/h11-15H,5-10H2,1-4H3/t14-,15-/m1/s1. The van der Waals surface area contributed by atoms with E-state index in [1.807, 2.05) is 0 Å². The molecule has 94 valence electrons. The number of likely N-dealkylation sites (tertiary alicyclic amines) is 1. The van der Waals surface area contributed by atoms with Crippen LogP contribution in [0.5, 0.6) is 0 Å². The number of hydrogen-bond donors (Lipinski definition) is 0. The Morgan fingerprint density at radius 3 is 1.94 bits per heavy atom. The molecular formula is C15H29N. The van der Waals surface area contributed by atoms with Gasteiger partial charge in [0.2, 0.25) is 0 Å². The zero-order valence-corrected chi connectivity index (χ0v) is 11.6. The highest BCUT2D eigenvalue weighted by molar-refractivity contribution is 4.89. The molecule has 1 saturated carbocycles. The summed E-state index contributed by atoms with van der Waals surface area (Å²) in [6.45, 7) is 12.4. The van der Waals surface area contributed by atoms with Gasteiger partial charge in [0.05, 0.1) is 0 Å². The van der Waals surface area contributed by atoms with Gasteiger partial charge < -0.3 is 4.90 Å². The average Bonchev–Trinajstić information content (AvgIpc) is 2.14. The molecule has 0 N–H and O–H groups in total. The van der Waals surface area contributed by atoms with Crippen LogP contribution >= 0.6 is 0 Å². The minimum absolute atomic E-state index is 0.857. The van der Waals surface area contributed by atoms with Crippen LogP contribution in [-0.2, 0) is 0 Å². The van der Waals surface area contributed by atoms with Crippen molar-refractivity contribution in [3.8, 4) is 0 Å². The van der Waals surface area contributed by atoms with Crippen molar-refractivity contribution in [2.75, 3.05) is 13.1 Å². The predicted octanol–water partition coefficient (Wildman–Crippen LogP) is 3.79. The molecule has 1 aliphatic heterocycles. The van der Waals surface area contributed by atoms with Gasteiger partial charge in [0.15, 0.2) is 0 Å². The van der Waals surface area contributed by atoms with E-state index in [1.54, 1.807) is 0 Å². The van der Waals surface area contributed by atoms with Gasteiger partial charge in [-0.2, -0.15) is 0 Å². The van der Waals surface area contributed by atoms with Gasteiger partial charge in [0.1, 0.15) is 0 Å². The second kappa shape index (κ2) is 5.08. The van der Waals surface area contributed by atoms with Gasteiger partial charge in [-0.3, -0.25) is 0 Å². The summed E-state index contributed by atoms with van der Waals surface area (Å²) >= 11 is 0. The van der Waals surface area contributed by atoms with Gasteiger partial charge in [0.25, 0.3) is 0 Å². The van der Waals surface area contributed by atoms with Crippen molar-refractivity contribution >= 4 is 0 Å². The Morgan fingerprint density at radius 2 is 1.50 bits per heavy atom. The molecule has 2 fully saturated rings. The summed E-state index contributed by atoms with van der Waals surface area (Å²) in [4.78, 5) is 2.80. The van der Waals surface area contributed by atoms with Crippen LogP contribution in [-0.4, -0.2) is 24.0 Å².